The van der Waals surface area contributed by atoms with E-state index in [0.29, 0.717) is 19.4 Å². The first kappa shape index (κ1) is 18.4. The molecule has 0 aromatic carbocycles. The maximum Gasteiger partial charge on any atom is 0.305 e. The van der Waals surface area contributed by atoms with Crippen LogP contribution < -0.4 is 0 Å². The van der Waals surface area contributed by atoms with E-state index >= 15 is 0 Å². The molecule has 0 unspecified atom stereocenters. The molecule has 0 saturated heterocycles. The van der Waals surface area contributed by atoms with Gasteiger partial charge < -0.3 is 9.84 Å². The lowest BCUT2D eigenvalue weighted by Crippen LogP contribution is -2.12. The van der Waals surface area contributed by atoms with Gasteiger partial charge in [-0.15, -0.1) is 0 Å². The van der Waals surface area contributed by atoms with Gasteiger partial charge in [-0.05, 0) is 19.3 Å². The number of esters is 1. The normalized spacial score (nSPS) is 12.4. The Labute approximate surface area is 118 Å². The second-order valence-corrected chi connectivity index (χ2v) is 5.32. The Balaban J connectivity index is 3.33. The largest absolute Gasteiger partial charge is 0.466 e. The number of hydrogen-bond acceptors (Lipinski definition) is 3. The number of ether oxygens (including phenoxy) is 1. The fourth-order valence-electron chi connectivity index (χ4n) is 1.99. The molecule has 0 saturated carbocycles. The van der Waals surface area contributed by atoms with E-state index in [1.807, 2.05) is 0 Å². The van der Waals surface area contributed by atoms with Gasteiger partial charge in [-0.25, -0.2) is 0 Å². The van der Waals surface area contributed by atoms with Crippen LogP contribution in [0.3, 0.4) is 0 Å². The van der Waals surface area contributed by atoms with Gasteiger partial charge in [0.2, 0.25) is 0 Å². The zero-order valence-electron chi connectivity index (χ0n) is 12.8. The molecule has 0 aliphatic heterocycles. The van der Waals surface area contributed by atoms with E-state index in [2.05, 4.69) is 13.8 Å². The fraction of sp³-hybridized carbons (Fsp3) is 0.938. The third kappa shape index (κ3) is 13.7. The SMILES string of the molecule is CCCCCCCC[C@H](O)CCC(=O)OCCCC. The molecule has 0 aliphatic carbocycles. The second kappa shape index (κ2) is 13.9. The molecule has 1 N–H and O–H groups in total. The highest BCUT2D eigenvalue weighted by Gasteiger charge is 2.08. The van der Waals surface area contributed by atoms with Gasteiger partial charge in [0.1, 0.15) is 0 Å². The van der Waals surface area contributed by atoms with Gasteiger partial charge >= 0.3 is 5.97 Å². The highest BCUT2D eigenvalue weighted by Crippen LogP contribution is 2.11. The number of aliphatic hydroxyl groups excluding tert-OH is 1. The van der Waals surface area contributed by atoms with Crippen LogP contribution in [0.2, 0.25) is 0 Å². The molecule has 0 radical (unpaired) electrons. The minimum absolute atomic E-state index is 0.171. The van der Waals surface area contributed by atoms with Gasteiger partial charge in [-0.1, -0.05) is 58.8 Å². The Morgan fingerprint density at radius 3 is 2.26 bits per heavy atom. The molecule has 3 nitrogen and oxygen atoms in total. The number of carbonyl (C=O) groups is 1. The van der Waals surface area contributed by atoms with E-state index < -0.39 is 0 Å². The molecule has 0 spiro atoms. The maximum atomic E-state index is 11.3. The molecule has 0 heterocycles. The predicted octanol–water partition coefficient (Wildman–Crippen LogP) is 4.22. The minimum atomic E-state index is -0.343. The standard InChI is InChI=1S/C16H32O3/c1-3-5-7-8-9-10-11-15(17)12-13-16(18)19-14-6-4-2/h15,17H,3-14H2,1-2H3/t15-/m0/s1. The fourth-order valence-corrected chi connectivity index (χ4v) is 1.99. The summed E-state index contributed by atoms with van der Waals surface area (Å²) in [6, 6.07) is 0. The van der Waals surface area contributed by atoms with Crippen LogP contribution in [0.15, 0.2) is 0 Å². The minimum Gasteiger partial charge on any atom is -0.466 e. The molecule has 1 atom stereocenters. The average molecular weight is 272 g/mol. The van der Waals surface area contributed by atoms with Crippen molar-refractivity contribution in [3.8, 4) is 0 Å². The van der Waals surface area contributed by atoms with Crippen molar-refractivity contribution < 1.29 is 14.6 Å². The Kier molecular flexibility index (Phi) is 13.4. The Bertz CT molecular complexity index is 204. The van der Waals surface area contributed by atoms with Crippen LogP contribution in [0.4, 0.5) is 0 Å². The first-order chi connectivity index (χ1) is 9.20. The smallest absolute Gasteiger partial charge is 0.305 e. The third-order valence-electron chi connectivity index (χ3n) is 3.33. The summed E-state index contributed by atoms with van der Waals surface area (Å²) in [4.78, 5) is 11.3. The maximum absolute atomic E-state index is 11.3. The Morgan fingerprint density at radius 1 is 0.947 bits per heavy atom. The molecule has 0 fully saturated rings. The summed E-state index contributed by atoms with van der Waals surface area (Å²) >= 11 is 0. The summed E-state index contributed by atoms with van der Waals surface area (Å²) in [7, 11) is 0. The molecule has 0 aromatic heterocycles. The van der Waals surface area contributed by atoms with Crippen LogP contribution >= 0.6 is 0 Å². The number of unbranched alkanes of at least 4 members (excludes halogenated alkanes) is 6. The van der Waals surface area contributed by atoms with Crippen molar-refractivity contribution in [2.24, 2.45) is 0 Å². The van der Waals surface area contributed by atoms with Crippen molar-refractivity contribution in [2.75, 3.05) is 6.61 Å². The summed E-state index contributed by atoms with van der Waals surface area (Å²) < 4.78 is 5.05. The van der Waals surface area contributed by atoms with Crippen LogP contribution in [0.5, 0.6) is 0 Å². The molecule has 114 valence electrons. The van der Waals surface area contributed by atoms with Gasteiger partial charge in [-0.3, -0.25) is 4.79 Å². The van der Waals surface area contributed by atoms with Crippen LogP contribution in [0.1, 0.15) is 84.5 Å². The summed E-state index contributed by atoms with van der Waals surface area (Å²) in [6.45, 7) is 4.80. The van der Waals surface area contributed by atoms with Crippen molar-refractivity contribution in [2.45, 2.75) is 90.6 Å². The number of hydrogen-bond donors (Lipinski definition) is 1. The van der Waals surface area contributed by atoms with E-state index in [1.165, 1.54) is 32.1 Å². The van der Waals surface area contributed by atoms with Gasteiger partial charge in [0.25, 0.3) is 0 Å². The van der Waals surface area contributed by atoms with Gasteiger partial charge in [0.15, 0.2) is 0 Å². The molecule has 0 rings (SSSR count). The number of rotatable bonds is 13. The molecular weight excluding hydrogens is 240 g/mol. The monoisotopic (exact) mass is 272 g/mol. The number of carbonyl (C=O) groups excluding carboxylic acids is 1. The predicted molar refractivity (Wildman–Crippen MR) is 79.1 cm³/mol. The topological polar surface area (TPSA) is 46.5 Å². The molecule has 0 amide bonds. The van der Waals surface area contributed by atoms with Crippen LogP contribution in [-0.2, 0) is 9.53 Å². The van der Waals surface area contributed by atoms with Crippen molar-refractivity contribution in [3.63, 3.8) is 0 Å². The first-order valence-electron chi connectivity index (χ1n) is 8.04. The quantitative estimate of drug-likeness (QED) is 0.403. The Hall–Kier alpha value is -0.570. The van der Waals surface area contributed by atoms with Crippen LogP contribution in [-0.4, -0.2) is 23.8 Å². The molecule has 0 aliphatic rings. The Morgan fingerprint density at radius 2 is 1.58 bits per heavy atom. The van der Waals surface area contributed by atoms with Crippen molar-refractivity contribution in [3.05, 3.63) is 0 Å². The van der Waals surface area contributed by atoms with Crippen molar-refractivity contribution in [1.82, 2.24) is 0 Å². The molecule has 19 heavy (non-hydrogen) atoms. The van der Waals surface area contributed by atoms with Crippen LogP contribution in [0.25, 0.3) is 0 Å². The van der Waals surface area contributed by atoms with E-state index in [1.54, 1.807) is 0 Å². The lowest BCUT2D eigenvalue weighted by atomic mass is 10.0. The molecular formula is C16H32O3. The highest BCUT2D eigenvalue weighted by atomic mass is 16.5. The molecule has 3 heteroatoms. The third-order valence-corrected chi connectivity index (χ3v) is 3.33. The van der Waals surface area contributed by atoms with Crippen molar-refractivity contribution >= 4 is 5.97 Å². The summed E-state index contributed by atoms with van der Waals surface area (Å²) in [6.07, 6.45) is 10.7. The van der Waals surface area contributed by atoms with Gasteiger partial charge in [0.05, 0.1) is 12.7 Å². The molecule has 0 bridgehead atoms. The second-order valence-electron chi connectivity index (χ2n) is 5.32. The van der Waals surface area contributed by atoms with Gasteiger partial charge in [-0.2, -0.15) is 0 Å². The lowest BCUT2D eigenvalue weighted by Gasteiger charge is -2.10. The summed E-state index contributed by atoms with van der Waals surface area (Å²) in [5.74, 6) is -0.171. The average Bonchev–Trinajstić information content (AvgIpc) is 2.40. The molecule has 0 aromatic rings. The lowest BCUT2D eigenvalue weighted by molar-refractivity contribution is -0.144. The zero-order valence-corrected chi connectivity index (χ0v) is 12.8. The highest BCUT2D eigenvalue weighted by molar-refractivity contribution is 5.69. The van der Waals surface area contributed by atoms with E-state index in [4.69, 9.17) is 4.74 Å². The van der Waals surface area contributed by atoms with Crippen LogP contribution in [0, 0.1) is 0 Å². The van der Waals surface area contributed by atoms with Gasteiger partial charge in [0, 0.05) is 6.42 Å². The number of aliphatic hydroxyl groups is 1. The summed E-state index contributed by atoms with van der Waals surface area (Å²) in [5.41, 5.74) is 0. The van der Waals surface area contributed by atoms with E-state index in [0.717, 1.165) is 25.7 Å². The zero-order chi connectivity index (χ0) is 14.3. The van der Waals surface area contributed by atoms with E-state index in [-0.39, 0.29) is 12.1 Å². The van der Waals surface area contributed by atoms with Crippen molar-refractivity contribution in [1.29, 1.82) is 0 Å². The first-order valence-corrected chi connectivity index (χ1v) is 8.04. The van der Waals surface area contributed by atoms with E-state index in [9.17, 15) is 9.90 Å². The summed E-state index contributed by atoms with van der Waals surface area (Å²) in [5, 5.41) is 9.76.